The van der Waals surface area contributed by atoms with Gasteiger partial charge >= 0.3 is 5.69 Å². The van der Waals surface area contributed by atoms with E-state index >= 15 is 0 Å². The highest BCUT2D eigenvalue weighted by Gasteiger charge is 2.16. The molecule has 1 amide bonds. The fraction of sp³-hybridized carbons (Fsp3) is 0.190. The van der Waals surface area contributed by atoms with Crippen molar-refractivity contribution in [3.63, 3.8) is 0 Å². The number of benzene rings is 2. The van der Waals surface area contributed by atoms with Crippen molar-refractivity contribution in [3.05, 3.63) is 80.8 Å². The lowest BCUT2D eigenvalue weighted by molar-refractivity contribution is -0.116. The quantitative estimate of drug-likeness (QED) is 0.489. The SMILES string of the molecule is CCn1c(=O)n(CC(=O)Nc2ccnn2Cc2ccc(Cl)cc2Cl)c2ccccc21. The first kappa shape index (κ1) is 20.3. The number of nitrogens with zero attached hydrogens (tertiary/aromatic N) is 4. The van der Waals surface area contributed by atoms with Crippen LogP contribution in [0.5, 0.6) is 0 Å². The average Bonchev–Trinajstić information content (AvgIpc) is 3.26. The summed E-state index contributed by atoms with van der Waals surface area (Å²) in [6.07, 6.45) is 1.59. The van der Waals surface area contributed by atoms with Crippen LogP contribution in [-0.2, 0) is 24.4 Å². The van der Waals surface area contributed by atoms with Gasteiger partial charge in [0.1, 0.15) is 12.4 Å². The molecule has 4 rings (SSSR count). The van der Waals surface area contributed by atoms with Crippen LogP contribution in [0, 0.1) is 0 Å². The fourth-order valence-corrected chi connectivity index (χ4v) is 3.90. The molecule has 0 spiro atoms. The number of aryl methyl sites for hydroxylation is 1. The lowest BCUT2D eigenvalue weighted by Crippen LogP contribution is -2.29. The second-order valence-electron chi connectivity index (χ2n) is 6.76. The Bertz CT molecular complexity index is 1290. The molecule has 1 N–H and O–H groups in total. The van der Waals surface area contributed by atoms with Gasteiger partial charge in [-0.2, -0.15) is 5.10 Å². The number of aromatic nitrogens is 4. The van der Waals surface area contributed by atoms with Gasteiger partial charge < -0.3 is 5.32 Å². The van der Waals surface area contributed by atoms with Crippen molar-refractivity contribution in [2.24, 2.45) is 0 Å². The summed E-state index contributed by atoms with van der Waals surface area (Å²) < 4.78 is 4.76. The monoisotopic (exact) mass is 443 g/mol. The van der Waals surface area contributed by atoms with Crippen LogP contribution >= 0.6 is 23.2 Å². The molecule has 30 heavy (non-hydrogen) atoms. The standard InChI is InChI=1S/C21H19Cl2N5O2/c1-2-26-17-5-3-4-6-18(17)27(21(26)30)13-20(29)25-19-9-10-24-28(19)12-14-7-8-15(22)11-16(14)23/h3-11H,2,12-13H2,1H3,(H,25,29). The lowest BCUT2D eigenvalue weighted by atomic mass is 10.2. The lowest BCUT2D eigenvalue weighted by Gasteiger charge is -2.11. The highest BCUT2D eigenvalue weighted by molar-refractivity contribution is 6.35. The number of hydrogen-bond acceptors (Lipinski definition) is 3. The number of carbonyl (C=O) groups is 1. The molecule has 2 heterocycles. The number of halogens is 2. The van der Waals surface area contributed by atoms with Crippen LogP contribution in [-0.4, -0.2) is 24.8 Å². The van der Waals surface area contributed by atoms with E-state index in [1.807, 2.05) is 37.3 Å². The first-order valence-corrected chi connectivity index (χ1v) is 10.2. The van der Waals surface area contributed by atoms with Crippen molar-refractivity contribution in [1.82, 2.24) is 18.9 Å². The highest BCUT2D eigenvalue weighted by atomic mass is 35.5. The predicted octanol–water partition coefficient (Wildman–Crippen LogP) is 4.01. The van der Waals surface area contributed by atoms with Crippen LogP contribution in [0.4, 0.5) is 5.82 Å². The number of rotatable bonds is 6. The maximum absolute atomic E-state index is 12.7. The molecule has 0 saturated carbocycles. The second kappa shape index (κ2) is 8.38. The van der Waals surface area contributed by atoms with E-state index in [4.69, 9.17) is 23.2 Å². The molecular weight excluding hydrogens is 425 g/mol. The van der Waals surface area contributed by atoms with Crippen molar-refractivity contribution in [1.29, 1.82) is 0 Å². The van der Waals surface area contributed by atoms with Crippen LogP contribution in [0.2, 0.25) is 10.0 Å². The van der Waals surface area contributed by atoms with E-state index in [2.05, 4.69) is 10.4 Å². The Hall–Kier alpha value is -3.03. The third kappa shape index (κ3) is 3.86. The van der Waals surface area contributed by atoms with Gasteiger partial charge in [0, 0.05) is 22.7 Å². The molecule has 0 unspecified atom stereocenters. The van der Waals surface area contributed by atoms with E-state index in [0.29, 0.717) is 29.0 Å². The van der Waals surface area contributed by atoms with Crippen molar-refractivity contribution >= 4 is 46.0 Å². The molecule has 2 aromatic carbocycles. The number of imidazole rings is 1. The first-order chi connectivity index (χ1) is 14.5. The Kier molecular flexibility index (Phi) is 5.65. The zero-order chi connectivity index (χ0) is 21.3. The van der Waals surface area contributed by atoms with Crippen molar-refractivity contribution in [2.75, 3.05) is 5.32 Å². The third-order valence-corrected chi connectivity index (χ3v) is 5.45. The highest BCUT2D eigenvalue weighted by Crippen LogP contribution is 2.22. The fourth-order valence-electron chi connectivity index (χ4n) is 3.43. The summed E-state index contributed by atoms with van der Waals surface area (Å²) in [7, 11) is 0. The van der Waals surface area contributed by atoms with Gasteiger partial charge in [-0.25, -0.2) is 9.48 Å². The molecule has 0 radical (unpaired) electrons. The van der Waals surface area contributed by atoms with Crippen molar-refractivity contribution in [3.8, 4) is 0 Å². The largest absolute Gasteiger partial charge is 0.329 e. The number of amides is 1. The molecule has 0 aliphatic carbocycles. The molecule has 0 saturated heterocycles. The molecule has 7 nitrogen and oxygen atoms in total. The molecule has 0 aliphatic heterocycles. The number of nitrogens with one attached hydrogen (secondary N) is 1. The maximum atomic E-state index is 12.7. The van der Waals surface area contributed by atoms with Gasteiger partial charge in [0.2, 0.25) is 5.91 Å². The predicted molar refractivity (Wildman–Crippen MR) is 118 cm³/mol. The molecule has 2 aromatic heterocycles. The number of hydrogen-bond donors (Lipinski definition) is 1. The number of carbonyl (C=O) groups excluding carboxylic acids is 1. The van der Waals surface area contributed by atoms with Gasteiger partial charge in [0.25, 0.3) is 0 Å². The van der Waals surface area contributed by atoms with E-state index in [1.165, 1.54) is 4.57 Å². The number of fused-ring (bicyclic) bond motifs is 1. The van der Waals surface area contributed by atoms with Crippen LogP contribution in [0.25, 0.3) is 11.0 Å². The summed E-state index contributed by atoms with van der Waals surface area (Å²) in [5, 5.41) is 8.16. The van der Waals surface area contributed by atoms with Crippen molar-refractivity contribution in [2.45, 2.75) is 26.6 Å². The normalized spacial score (nSPS) is 11.2. The topological polar surface area (TPSA) is 73.8 Å². The molecule has 154 valence electrons. The van der Waals surface area contributed by atoms with Gasteiger partial charge in [0.15, 0.2) is 0 Å². The Balaban J connectivity index is 1.55. The van der Waals surface area contributed by atoms with E-state index in [-0.39, 0.29) is 18.1 Å². The van der Waals surface area contributed by atoms with Gasteiger partial charge in [-0.1, -0.05) is 41.4 Å². The van der Waals surface area contributed by atoms with Gasteiger partial charge in [-0.05, 0) is 36.8 Å². The van der Waals surface area contributed by atoms with Gasteiger partial charge in [0.05, 0.1) is 23.8 Å². The Morgan fingerprint density at radius 1 is 1.07 bits per heavy atom. The van der Waals surface area contributed by atoms with Crippen LogP contribution in [0.15, 0.2) is 59.5 Å². The first-order valence-electron chi connectivity index (χ1n) is 9.41. The van der Waals surface area contributed by atoms with Crippen LogP contribution in [0.1, 0.15) is 12.5 Å². The van der Waals surface area contributed by atoms with Crippen LogP contribution in [0.3, 0.4) is 0 Å². The summed E-state index contributed by atoms with van der Waals surface area (Å²) in [5.74, 6) is 0.193. The zero-order valence-electron chi connectivity index (χ0n) is 16.2. The third-order valence-electron chi connectivity index (χ3n) is 4.86. The second-order valence-corrected chi connectivity index (χ2v) is 7.60. The van der Waals surface area contributed by atoms with E-state index < -0.39 is 0 Å². The van der Waals surface area contributed by atoms with E-state index in [0.717, 1.165) is 16.6 Å². The van der Waals surface area contributed by atoms with E-state index in [9.17, 15) is 9.59 Å². The molecule has 0 atom stereocenters. The molecule has 9 heteroatoms. The zero-order valence-corrected chi connectivity index (χ0v) is 17.7. The van der Waals surface area contributed by atoms with Crippen LogP contribution < -0.4 is 11.0 Å². The minimum atomic E-state index is -0.319. The Labute approximate surface area is 182 Å². The Morgan fingerprint density at radius 3 is 2.50 bits per heavy atom. The molecule has 0 fully saturated rings. The van der Waals surface area contributed by atoms with Gasteiger partial charge in [-0.3, -0.25) is 13.9 Å². The molecule has 0 bridgehead atoms. The van der Waals surface area contributed by atoms with Gasteiger partial charge in [-0.15, -0.1) is 0 Å². The smallest absolute Gasteiger partial charge is 0.309 e. The minimum Gasteiger partial charge on any atom is -0.309 e. The summed E-state index contributed by atoms with van der Waals surface area (Å²) in [6, 6.07) is 14.4. The molecular formula is C21H19Cl2N5O2. The number of anilines is 1. The number of para-hydroxylation sites is 2. The molecule has 4 aromatic rings. The minimum absolute atomic E-state index is 0.0980. The summed E-state index contributed by atoms with van der Waals surface area (Å²) in [6.45, 7) is 2.70. The summed E-state index contributed by atoms with van der Waals surface area (Å²) in [4.78, 5) is 25.5. The Morgan fingerprint density at radius 2 is 1.80 bits per heavy atom. The summed E-state index contributed by atoms with van der Waals surface area (Å²) in [5.41, 5.74) is 2.14. The molecule has 0 aliphatic rings. The van der Waals surface area contributed by atoms with E-state index in [1.54, 1.807) is 33.6 Å². The summed E-state index contributed by atoms with van der Waals surface area (Å²) >= 11 is 12.2. The van der Waals surface area contributed by atoms with Crippen molar-refractivity contribution < 1.29 is 4.79 Å². The average molecular weight is 444 g/mol. The maximum Gasteiger partial charge on any atom is 0.329 e.